The van der Waals surface area contributed by atoms with Gasteiger partial charge in [-0.15, -0.1) is 0 Å². The van der Waals surface area contributed by atoms with Gasteiger partial charge in [0.05, 0.1) is 0 Å². The summed E-state index contributed by atoms with van der Waals surface area (Å²) in [6.45, 7) is 3.92. The molecule has 2 heterocycles. The predicted molar refractivity (Wildman–Crippen MR) is 77.6 cm³/mol. The Balaban J connectivity index is 1.90. The summed E-state index contributed by atoms with van der Waals surface area (Å²) in [5, 5.41) is 0. The van der Waals surface area contributed by atoms with Crippen molar-refractivity contribution in [1.29, 1.82) is 0 Å². The number of carbonyl (C=O) groups is 1. The summed E-state index contributed by atoms with van der Waals surface area (Å²) >= 11 is 0. The van der Waals surface area contributed by atoms with Gasteiger partial charge >= 0.3 is 6.03 Å². The Morgan fingerprint density at radius 3 is 2.45 bits per heavy atom. The van der Waals surface area contributed by atoms with E-state index in [-0.39, 0.29) is 11.6 Å². The number of piperazine rings is 1. The molecule has 0 aromatic carbocycles. The fourth-order valence-electron chi connectivity index (χ4n) is 2.33. The van der Waals surface area contributed by atoms with Crippen LogP contribution in [0.2, 0.25) is 0 Å². The first kappa shape index (κ1) is 14.6. The molecule has 0 N–H and O–H groups in total. The first-order chi connectivity index (χ1) is 9.47. The second kappa shape index (κ2) is 6.09. The van der Waals surface area contributed by atoms with Crippen molar-refractivity contribution in [2.75, 3.05) is 40.3 Å². The zero-order valence-corrected chi connectivity index (χ0v) is 12.4. The molecule has 1 aromatic rings. The number of aromatic nitrogens is 1. The van der Waals surface area contributed by atoms with Crippen LogP contribution in [0.3, 0.4) is 0 Å². The number of pyridine rings is 1. The minimum absolute atomic E-state index is 0.0175. The van der Waals surface area contributed by atoms with Gasteiger partial charge in [-0.2, -0.15) is 0 Å². The van der Waals surface area contributed by atoms with E-state index in [0.29, 0.717) is 0 Å². The normalized spacial score (nSPS) is 16.2. The molecule has 0 radical (unpaired) electrons. The van der Waals surface area contributed by atoms with Crippen molar-refractivity contribution in [3.05, 3.63) is 34.2 Å². The Bertz CT molecular complexity index is 530. The van der Waals surface area contributed by atoms with Crippen LogP contribution in [0.1, 0.15) is 5.56 Å². The van der Waals surface area contributed by atoms with Gasteiger partial charge in [0.25, 0.3) is 5.56 Å². The molecule has 2 rings (SSSR count). The molecule has 110 valence electrons. The van der Waals surface area contributed by atoms with Crippen LogP contribution in [-0.4, -0.2) is 65.6 Å². The molecule has 0 atom stereocenters. The Morgan fingerprint density at radius 2 is 1.90 bits per heavy atom. The molecule has 1 aliphatic rings. The third-order valence-electron chi connectivity index (χ3n) is 3.60. The maximum Gasteiger partial charge on any atom is 0.319 e. The standard InChI is InChI=1S/C14H22N4O2/c1-15(2)14(20)18-8-6-17(7-9-18)11-12-4-5-16(3)13(19)10-12/h4-5,10H,6-9,11H2,1-3H3. The highest BCUT2D eigenvalue weighted by atomic mass is 16.2. The monoisotopic (exact) mass is 278 g/mol. The molecule has 0 spiro atoms. The largest absolute Gasteiger partial charge is 0.331 e. The van der Waals surface area contributed by atoms with Crippen LogP contribution in [0.5, 0.6) is 0 Å². The summed E-state index contributed by atoms with van der Waals surface area (Å²) in [7, 11) is 5.29. The molecule has 1 aliphatic heterocycles. The molecule has 1 aromatic heterocycles. The van der Waals surface area contributed by atoms with Crippen molar-refractivity contribution in [3.8, 4) is 0 Å². The van der Waals surface area contributed by atoms with Gasteiger partial charge < -0.3 is 14.4 Å². The van der Waals surface area contributed by atoms with Crippen molar-refractivity contribution < 1.29 is 4.79 Å². The Kier molecular flexibility index (Phi) is 4.44. The Morgan fingerprint density at radius 1 is 1.25 bits per heavy atom. The molecular weight excluding hydrogens is 256 g/mol. The predicted octanol–water partition coefficient (Wildman–Crippen LogP) is 0.185. The summed E-state index contributed by atoms with van der Waals surface area (Å²) in [5.74, 6) is 0. The number of urea groups is 1. The van der Waals surface area contributed by atoms with E-state index in [1.807, 2.05) is 11.0 Å². The first-order valence-electron chi connectivity index (χ1n) is 6.81. The lowest BCUT2D eigenvalue weighted by Gasteiger charge is -2.35. The Labute approximate surface area is 119 Å². The van der Waals surface area contributed by atoms with E-state index in [1.165, 1.54) is 0 Å². The Hall–Kier alpha value is -1.82. The molecule has 1 saturated heterocycles. The third kappa shape index (κ3) is 3.39. The number of rotatable bonds is 2. The molecule has 0 aliphatic carbocycles. The quantitative estimate of drug-likeness (QED) is 0.775. The molecule has 0 bridgehead atoms. The average molecular weight is 278 g/mol. The van der Waals surface area contributed by atoms with Crippen LogP contribution in [-0.2, 0) is 13.6 Å². The van der Waals surface area contributed by atoms with Crippen LogP contribution in [0.4, 0.5) is 4.79 Å². The van der Waals surface area contributed by atoms with Crippen LogP contribution < -0.4 is 5.56 Å². The molecule has 2 amide bonds. The zero-order chi connectivity index (χ0) is 14.7. The molecule has 1 fully saturated rings. The summed E-state index contributed by atoms with van der Waals surface area (Å²) in [6, 6.07) is 3.72. The molecule has 6 nitrogen and oxygen atoms in total. The van der Waals surface area contributed by atoms with E-state index in [4.69, 9.17) is 0 Å². The summed E-state index contributed by atoms with van der Waals surface area (Å²) in [5.41, 5.74) is 1.05. The summed E-state index contributed by atoms with van der Waals surface area (Å²) < 4.78 is 1.57. The maximum atomic E-state index is 11.8. The number of nitrogens with zero attached hydrogens (tertiary/aromatic N) is 4. The first-order valence-corrected chi connectivity index (χ1v) is 6.81. The van der Waals surface area contributed by atoms with E-state index in [2.05, 4.69) is 4.90 Å². The molecule has 0 unspecified atom stereocenters. The lowest BCUT2D eigenvalue weighted by atomic mass is 10.2. The minimum Gasteiger partial charge on any atom is -0.331 e. The van der Waals surface area contributed by atoms with E-state index >= 15 is 0 Å². The van der Waals surface area contributed by atoms with Crippen LogP contribution >= 0.6 is 0 Å². The van der Waals surface area contributed by atoms with Crippen LogP contribution in [0.15, 0.2) is 23.1 Å². The highest BCUT2D eigenvalue weighted by molar-refractivity contribution is 5.73. The SMILES string of the molecule is CN(C)C(=O)N1CCN(Cc2ccn(C)c(=O)c2)CC1. The van der Waals surface area contributed by atoms with Gasteiger partial charge in [0.2, 0.25) is 0 Å². The fraction of sp³-hybridized carbons (Fsp3) is 0.571. The van der Waals surface area contributed by atoms with Gasteiger partial charge in [-0.25, -0.2) is 4.79 Å². The van der Waals surface area contributed by atoms with Crippen molar-refractivity contribution in [3.63, 3.8) is 0 Å². The maximum absolute atomic E-state index is 11.8. The van der Waals surface area contributed by atoms with Crippen molar-refractivity contribution in [2.45, 2.75) is 6.54 Å². The van der Waals surface area contributed by atoms with Crippen molar-refractivity contribution >= 4 is 6.03 Å². The second-order valence-electron chi connectivity index (χ2n) is 5.42. The smallest absolute Gasteiger partial charge is 0.319 e. The second-order valence-corrected chi connectivity index (χ2v) is 5.42. The number of amides is 2. The molecule has 6 heteroatoms. The third-order valence-corrected chi connectivity index (χ3v) is 3.60. The van der Waals surface area contributed by atoms with Gasteiger partial charge in [-0.05, 0) is 11.6 Å². The average Bonchev–Trinajstić information content (AvgIpc) is 2.43. The number of hydrogen-bond donors (Lipinski definition) is 0. The van der Waals surface area contributed by atoms with Gasteiger partial charge in [-0.3, -0.25) is 9.69 Å². The molecule has 20 heavy (non-hydrogen) atoms. The van der Waals surface area contributed by atoms with Crippen molar-refractivity contribution in [1.82, 2.24) is 19.3 Å². The van der Waals surface area contributed by atoms with Gasteiger partial charge in [0.1, 0.15) is 0 Å². The fourth-order valence-corrected chi connectivity index (χ4v) is 2.33. The van der Waals surface area contributed by atoms with E-state index in [1.54, 1.807) is 42.9 Å². The van der Waals surface area contributed by atoms with Crippen LogP contribution in [0.25, 0.3) is 0 Å². The van der Waals surface area contributed by atoms with E-state index in [0.717, 1.165) is 38.3 Å². The zero-order valence-electron chi connectivity index (χ0n) is 12.4. The summed E-state index contributed by atoms with van der Waals surface area (Å²) in [4.78, 5) is 29.2. The van der Waals surface area contributed by atoms with E-state index < -0.39 is 0 Å². The summed E-state index contributed by atoms with van der Waals surface area (Å²) in [6.07, 6.45) is 1.80. The van der Waals surface area contributed by atoms with E-state index in [9.17, 15) is 9.59 Å². The lowest BCUT2D eigenvalue weighted by Crippen LogP contribution is -2.51. The number of carbonyl (C=O) groups excluding carboxylic acids is 1. The number of hydrogen-bond acceptors (Lipinski definition) is 3. The van der Waals surface area contributed by atoms with Gasteiger partial charge in [0, 0.05) is 66.1 Å². The van der Waals surface area contributed by atoms with Gasteiger partial charge in [-0.1, -0.05) is 0 Å². The van der Waals surface area contributed by atoms with Gasteiger partial charge in [0.15, 0.2) is 0 Å². The lowest BCUT2D eigenvalue weighted by molar-refractivity contribution is 0.120. The number of aryl methyl sites for hydroxylation is 1. The molecule has 0 saturated carbocycles. The minimum atomic E-state index is 0.0175. The highest BCUT2D eigenvalue weighted by Crippen LogP contribution is 2.08. The topological polar surface area (TPSA) is 48.8 Å². The van der Waals surface area contributed by atoms with Crippen molar-refractivity contribution in [2.24, 2.45) is 7.05 Å². The molecular formula is C14H22N4O2. The highest BCUT2D eigenvalue weighted by Gasteiger charge is 2.22. The van der Waals surface area contributed by atoms with Crippen LogP contribution in [0, 0.1) is 0 Å².